The van der Waals surface area contributed by atoms with E-state index in [0.29, 0.717) is 48.0 Å². The average Bonchev–Trinajstić information content (AvgIpc) is 3.04. The number of fused-ring (bicyclic) bond motifs is 3. The molecule has 3 aromatic rings. The van der Waals surface area contributed by atoms with Crippen molar-refractivity contribution < 1.29 is 14.3 Å². The number of carbonyl (C=O) groups excluding carboxylic acids is 2. The lowest BCUT2D eigenvalue weighted by Crippen LogP contribution is -2.41. The molecule has 0 radical (unpaired) electrons. The summed E-state index contributed by atoms with van der Waals surface area (Å²) in [6.45, 7) is 6.64. The van der Waals surface area contributed by atoms with Crippen LogP contribution in [0.5, 0.6) is 0 Å². The van der Waals surface area contributed by atoms with Gasteiger partial charge < -0.3 is 14.6 Å². The second kappa shape index (κ2) is 7.02. The number of amides is 1. The largest absolute Gasteiger partial charge is 0.444 e. The summed E-state index contributed by atoms with van der Waals surface area (Å²) in [7, 11) is 0. The Morgan fingerprint density at radius 2 is 2.00 bits per heavy atom. The number of nitrogens with one attached hydrogen (secondary N) is 1. The van der Waals surface area contributed by atoms with Crippen LogP contribution in [0.4, 0.5) is 4.79 Å². The van der Waals surface area contributed by atoms with Gasteiger partial charge in [-0.1, -0.05) is 12.1 Å². The Morgan fingerprint density at radius 3 is 2.66 bits per heavy atom. The summed E-state index contributed by atoms with van der Waals surface area (Å²) in [5.41, 5.74) is 1.71. The fourth-order valence-corrected chi connectivity index (χ4v) is 3.89. The Labute approximate surface area is 167 Å². The van der Waals surface area contributed by atoms with E-state index in [1.807, 2.05) is 26.8 Å². The van der Waals surface area contributed by atoms with Crippen LogP contribution in [-0.4, -0.2) is 50.6 Å². The topological polar surface area (TPSA) is 96.8 Å². The fourth-order valence-electron chi connectivity index (χ4n) is 3.89. The molecule has 0 aliphatic carbocycles. The minimum atomic E-state index is -0.529. The van der Waals surface area contributed by atoms with Crippen molar-refractivity contribution in [3.8, 4) is 0 Å². The molecule has 0 spiro atoms. The van der Waals surface area contributed by atoms with Crippen LogP contribution in [0.25, 0.3) is 16.6 Å². The van der Waals surface area contributed by atoms with Crippen molar-refractivity contribution >= 4 is 28.9 Å². The van der Waals surface area contributed by atoms with Crippen LogP contribution in [0.15, 0.2) is 29.1 Å². The molecule has 0 saturated carbocycles. The van der Waals surface area contributed by atoms with E-state index in [1.165, 1.54) is 0 Å². The molecule has 8 heteroatoms. The monoisotopic (exact) mass is 396 g/mol. The van der Waals surface area contributed by atoms with Crippen molar-refractivity contribution in [2.75, 3.05) is 13.1 Å². The standard InChI is InChI=1S/C21H24N4O4/c1-21(2,3)29-20(28)24-9-7-13(8-10-24)16-11-17(27)22-19-18-14(12-26)5-4-6-15(18)23-25(16)19/h4-6,11-13H,7-10H2,1-3H3,(H,22,27). The van der Waals surface area contributed by atoms with Crippen molar-refractivity contribution in [3.63, 3.8) is 0 Å². The summed E-state index contributed by atoms with van der Waals surface area (Å²) < 4.78 is 7.18. The number of ether oxygens (including phenoxy) is 1. The number of hydrogen-bond donors (Lipinski definition) is 1. The van der Waals surface area contributed by atoms with Gasteiger partial charge in [-0.2, -0.15) is 5.10 Å². The smallest absolute Gasteiger partial charge is 0.410 e. The molecular weight excluding hydrogens is 372 g/mol. The highest BCUT2D eigenvalue weighted by molar-refractivity contribution is 6.04. The number of aromatic nitrogens is 3. The molecule has 8 nitrogen and oxygen atoms in total. The molecule has 1 amide bonds. The van der Waals surface area contributed by atoms with E-state index in [1.54, 1.807) is 27.6 Å². The minimum absolute atomic E-state index is 0.0764. The first kappa shape index (κ1) is 19.2. The molecule has 1 aromatic carbocycles. The molecule has 2 aromatic heterocycles. The highest BCUT2D eigenvalue weighted by Crippen LogP contribution is 2.30. The third-order valence-electron chi connectivity index (χ3n) is 5.19. The Bertz CT molecular complexity index is 1150. The predicted molar refractivity (Wildman–Crippen MR) is 108 cm³/mol. The maximum atomic E-state index is 12.3. The van der Waals surface area contributed by atoms with E-state index in [4.69, 9.17) is 4.74 Å². The number of piperidine rings is 1. The lowest BCUT2D eigenvalue weighted by molar-refractivity contribution is 0.0203. The van der Waals surface area contributed by atoms with Gasteiger partial charge in [0, 0.05) is 30.6 Å². The van der Waals surface area contributed by atoms with Crippen LogP contribution in [0.1, 0.15) is 55.6 Å². The summed E-state index contributed by atoms with van der Waals surface area (Å²) in [5, 5.41) is 5.27. The van der Waals surface area contributed by atoms with Gasteiger partial charge in [0.05, 0.1) is 16.6 Å². The van der Waals surface area contributed by atoms with Gasteiger partial charge >= 0.3 is 6.09 Å². The number of nitrogens with zero attached hydrogens (tertiary/aromatic N) is 3. The first-order chi connectivity index (χ1) is 13.8. The highest BCUT2D eigenvalue weighted by atomic mass is 16.6. The number of benzene rings is 1. The van der Waals surface area contributed by atoms with Crippen molar-refractivity contribution in [1.29, 1.82) is 0 Å². The lowest BCUT2D eigenvalue weighted by atomic mass is 9.93. The van der Waals surface area contributed by atoms with Crippen LogP contribution < -0.4 is 5.56 Å². The van der Waals surface area contributed by atoms with Gasteiger partial charge in [0.25, 0.3) is 5.56 Å². The van der Waals surface area contributed by atoms with Crippen molar-refractivity contribution in [2.24, 2.45) is 0 Å². The average molecular weight is 396 g/mol. The van der Waals surface area contributed by atoms with E-state index >= 15 is 0 Å². The van der Waals surface area contributed by atoms with Crippen LogP contribution >= 0.6 is 0 Å². The van der Waals surface area contributed by atoms with Gasteiger partial charge in [-0.3, -0.25) is 9.59 Å². The second-order valence-electron chi connectivity index (χ2n) is 8.42. The molecule has 29 heavy (non-hydrogen) atoms. The molecule has 152 valence electrons. The molecule has 3 heterocycles. The third-order valence-corrected chi connectivity index (χ3v) is 5.19. The van der Waals surface area contributed by atoms with Gasteiger partial charge in [0.15, 0.2) is 6.29 Å². The third kappa shape index (κ3) is 3.62. The van der Waals surface area contributed by atoms with Gasteiger partial charge in [0.1, 0.15) is 11.2 Å². The number of likely N-dealkylation sites (tertiary alicyclic amines) is 1. The van der Waals surface area contributed by atoms with E-state index in [0.717, 1.165) is 12.0 Å². The van der Waals surface area contributed by atoms with E-state index < -0.39 is 5.60 Å². The van der Waals surface area contributed by atoms with E-state index in [9.17, 15) is 14.4 Å². The first-order valence-corrected chi connectivity index (χ1v) is 9.74. The van der Waals surface area contributed by atoms with Gasteiger partial charge in [0.2, 0.25) is 0 Å². The Morgan fingerprint density at radius 1 is 1.28 bits per heavy atom. The molecule has 0 atom stereocenters. The van der Waals surface area contributed by atoms with Gasteiger partial charge in [-0.15, -0.1) is 0 Å². The maximum Gasteiger partial charge on any atom is 0.410 e. The maximum absolute atomic E-state index is 12.3. The molecule has 0 bridgehead atoms. The SMILES string of the molecule is CC(C)(C)OC(=O)N1CCC(c2cc(=O)[nH]c3c4c(C=O)cccc4nn23)CC1. The number of rotatable bonds is 2. The lowest BCUT2D eigenvalue weighted by Gasteiger charge is -2.33. The molecular formula is C21H24N4O4. The Balaban J connectivity index is 1.66. The Hall–Kier alpha value is -3.16. The van der Waals surface area contributed by atoms with Crippen LogP contribution in [-0.2, 0) is 4.74 Å². The molecule has 1 N–H and O–H groups in total. The fraction of sp³-hybridized carbons (Fsp3) is 0.429. The van der Waals surface area contributed by atoms with Crippen molar-refractivity contribution in [3.05, 3.63) is 45.9 Å². The summed E-state index contributed by atoms with van der Waals surface area (Å²) in [6.07, 6.45) is 1.87. The quantitative estimate of drug-likeness (QED) is 0.672. The van der Waals surface area contributed by atoms with Crippen LogP contribution in [0, 0.1) is 0 Å². The summed E-state index contributed by atoms with van der Waals surface area (Å²) in [4.78, 5) is 40.6. The molecule has 1 fully saturated rings. The normalized spacial score (nSPS) is 15.8. The number of aromatic amines is 1. The molecule has 1 saturated heterocycles. The molecule has 4 rings (SSSR count). The summed E-state index contributed by atoms with van der Waals surface area (Å²) >= 11 is 0. The zero-order valence-corrected chi connectivity index (χ0v) is 16.8. The Kier molecular flexibility index (Phi) is 4.64. The number of H-pyrrole nitrogens is 1. The molecule has 0 unspecified atom stereocenters. The number of carbonyl (C=O) groups is 2. The second-order valence-corrected chi connectivity index (χ2v) is 8.42. The zero-order valence-electron chi connectivity index (χ0n) is 16.8. The van der Waals surface area contributed by atoms with E-state index in [2.05, 4.69) is 10.1 Å². The molecule has 1 aliphatic heterocycles. The van der Waals surface area contributed by atoms with Gasteiger partial charge in [-0.05, 0) is 39.7 Å². The first-order valence-electron chi connectivity index (χ1n) is 9.74. The van der Waals surface area contributed by atoms with Crippen LogP contribution in [0.2, 0.25) is 0 Å². The minimum Gasteiger partial charge on any atom is -0.444 e. The number of aldehydes is 1. The van der Waals surface area contributed by atoms with E-state index in [-0.39, 0.29) is 17.6 Å². The molecule has 1 aliphatic rings. The number of hydrogen-bond acceptors (Lipinski definition) is 5. The van der Waals surface area contributed by atoms with Crippen molar-refractivity contribution in [2.45, 2.75) is 45.1 Å². The van der Waals surface area contributed by atoms with Gasteiger partial charge in [-0.25, -0.2) is 9.31 Å². The predicted octanol–water partition coefficient (Wildman–Crippen LogP) is 3.10. The zero-order chi connectivity index (χ0) is 20.8. The highest BCUT2D eigenvalue weighted by Gasteiger charge is 2.29. The van der Waals surface area contributed by atoms with Crippen LogP contribution in [0.3, 0.4) is 0 Å². The van der Waals surface area contributed by atoms with Crippen molar-refractivity contribution in [1.82, 2.24) is 19.5 Å². The summed E-state index contributed by atoms with van der Waals surface area (Å²) in [5.74, 6) is 0.0764. The summed E-state index contributed by atoms with van der Waals surface area (Å²) in [6, 6.07) is 6.87.